The lowest BCUT2D eigenvalue weighted by atomic mass is 10.3. The molecule has 1 atom stereocenters. The van der Waals surface area contributed by atoms with Crippen molar-refractivity contribution in [3.8, 4) is 5.75 Å². The van der Waals surface area contributed by atoms with Crippen molar-refractivity contribution in [1.82, 2.24) is 0 Å². The Kier molecular flexibility index (Phi) is 8.16. The van der Waals surface area contributed by atoms with Crippen molar-refractivity contribution in [3.63, 3.8) is 0 Å². The van der Waals surface area contributed by atoms with Crippen molar-refractivity contribution in [2.75, 3.05) is 13.7 Å². The zero-order chi connectivity index (χ0) is 14.0. The van der Waals surface area contributed by atoms with Gasteiger partial charge in [0.05, 0.1) is 13.7 Å². The highest BCUT2D eigenvalue weighted by Gasteiger charge is 2.14. The smallest absolute Gasteiger partial charge is 0.332 e. The highest BCUT2D eigenvalue weighted by atomic mass is 32.2. The molecule has 0 aliphatic heterocycles. The standard InChI is InChI=1S/C7H8O.C3H5NO5S/c1-8-7-5-3-2-4-6-7;5-1-2(3(6)7)4-10(8)9/h2-6H,1H3;2,5H,1H2,(H,6,7)/t;2-/m.0/s1. The number of carboxylic acid groups (broad SMARTS) is 1. The molecule has 0 saturated carbocycles. The number of methoxy groups -OCH3 is 1. The van der Waals surface area contributed by atoms with E-state index in [1.54, 1.807) is 7.11 Å². The first-order valence-electron chi connectivity index (χ1n) is 4.74. The maximum absolute atomic E-state index is 9.94. The molecular weight excluding hydrogens is 262 g/mol. The number of carbonyl (C=O) groups is 1. The molecule has 0 spiro atoms. The highest BCUT2D eigenvalue weighted by Crippen LogP contribution is 2.05. The van der Waals surface area contributed by atoms with Crippen LogP contribution in [-0.4, -0.2) is 44.4 Å². The third-order valence-electron chi connectivity index (χ3n) is 1.65. The van der Waals surface area contributed by atoms with E-state index in [1.165, 1.54) is 0 Å². The normalized spacial score (nSPS) is 10.6. The predicted molar refractivity (Wildman–Crippen MR) is 62.9 cm³/mol. The molecule has 1 aromatic rings. The average Bonchev–Trinajstić information content (AvgIpc) is 2.37. The summed E-state index contributed by atoms with van der Waals surface area (Å²) in [6.07, 6.45) is 0. The van der Waals surface area contributed by atoms with Gasteiger partial charge in [-0.25, -0.2) is 4.79 Å². The summed E-state index contributed by atoms with van der Waals surface area (Å²) in [7, 11) is -1.12. The second kappa shape index (κ2) is 9.14. The van der Waals surface area contributed by atoms with Gasteiger partial charge in [-0.3, -0.25) is 0 Å². The summed E-state index contributed by atoms with van der Waals surface area (Å²) in [5.41, 5.74) is 0. The molecule has 1 rings (SSSR count). The Morgan fingerprint density at radius 1 is 1.39 bits per heavy atom. The molecule has 0 aliphatic rings. The largest absolute Gasteiger partial charge is 0.497 e. The van der Waals surface area contributed by atoms with Crippen molar-refractivity contribution in [2.45, 2.75) is 6.04 Å². The molecule has 8 heteroatoms. The third kappa shape index (κ3) is 7.36. The minimum absolute atomic E-state index is 0.816. The minimum atomic E-state index is -2.78. The van der Waals surface area contributed by atoms with Crippen molar-refractivity contribution in [3.05, 3.63) is 30.3 Å². The molecule has 2 N–H and O–H groups in total. The van der Waals surface area contributed by atoms with Crippen LogP contribution in [0.2, 0.25) is 0 Å². The number of hydrogen-bond acceptors (Lipinski definition) is 6. The number of aliphatic carboxylic acids is 1. The van der Waals surface area contributed by atoms with Crippen LogP contribution in [0.15, 0.2) is 34.7 Å². The number of rotatable bonds is 4. The monoisotopic (exact) mass is 275 g/mol. The van der Waals surface area contributed by atoms with E-state index < -0.39 is 29.1 Å². The summed E-state index contributed by atoms with van der Waals surface area (Å²) < 4.78 is 27.0. The van der Waals surface area contributed by atoms with E-state index in [-0.39, 0.29) is 0 Å². The number of benzene rings is 1. The van der Waals surface area contributed by atoms with Gasteiger partial charge in [0, 0.05) is 0 Å². The predicted octanol–water partition coefficient (Wildman–Crippen LogP) is 0.190. The lowest BCUT2D eigenvalue weighted by Gasteiger charge is -1.95. The van der Waals surface area contributed by atoms with Gasteiger partial charge in [0.25, 0.3) is 0 Å². The van der Waals surface area contributed by atoms with Crippen molar-refractivity contribution >= 4 is 16.5 Å². The van der Waals surface area contributed by atoms with Crippen LogP contribution in [0, 0.1) is 0 Å². The van der Waals surface area contributed by atoms with E-state index in [4.69, 9.17) is 14.9 Å². The third-order valence-corrected chi connectivity index (χ3v) is 2.08. The van der Waals surface area contributed by atoms with Crippen LogP contribution in [0.5, 0.6) is 5.75 Å². The molecule has 0 amide bonds. The fraction of sp³-hybridized carbons (Fsp3) is 0.300. The van der Waals surface area contributed by atoms with E-state index in [1.807, 2.05) is 30.3 Å². The molecule has 7 nitrogen and oxygen atoms in total. The van der Waals surface area contributed by atoms with Crippen molar-refractivity contribution in [1.29, 1.82) is 0 Å². The van der Waals surface area contributed by atoms with Gasteiger partial charge in [0.2, 0.25) is 0 Å². The molecule has 0 bridgehead atoms. The number of ether oxygens (including phenoxy) is 1. The summed E-state index contributed by atoms with van der Waals surface area (Å²) in [5.74, 6) is -0.556. The fourth-order valence-corrected chi connectivity index (χ4v) is 1.18. The summed E-state index contributed by atoms with van der Waals surface area (Å²) in [4.78, 5) is 9.94. The number of para-hydroxylation sites is 1. The van der Waals surface area contributed by atoms with Crippen LogP contribution >= 0.6 is 0 Å². The van der Waals surface area contributed by atoms with E-state index in [9.17, 15) is 13.2 Å². The van der Waals surface area contributed by atoms with Crippen LogP contribution in [0.1, 0.15) is 0 Å². The lowest BCUT2D eigenvalue weighted by Crippen LogP contribution is -2.21. The number of nitrogens with zero attached hydrogens (tertiary/aromatic N) is 1. The van der Waals surface area contributed by atoms with Gasteiger partial charge in [-0.2, -0.15) is 12.8 Å². The number of aliphatic hydroxyl groups excluding tert-OH is 1. The van der Waals surface area contributed by atoms with Gasteiger partial charge in [-0.1, -0.05) is 18.2 Å². The molecule has 0 unspecified atom stereocenters. The first-order valence-corrected chi connectivity index (χ1v) is 5.77. The number of hydrogen-bond donors (Lipinski definition) is 2. The summed E-state index contributed by atoms with van der Waals surface area (Å²) in [6, 6.07) is 8.11. The van der Waals surface area contributed by atoms with Gasteiger partial charge in [0.1, 0.15) is 5.75 Å². The molecule has 0 heterocycles. The second-order valence-electron chi connectivity index (χ2n) is 2.88. The van der Waals surface area contributed by atoms with Crippen LogP contribution in [-0.2, 0) is 15.3 Å². The summed E-state index contributed by atoms with van der Waals surface area (Å²) in [5, 5.41) is 16.3. The van der Waals surface area contributed by atoms with Crippen LogP contribution in [0.25, 0.3) is 0 Å². The fourth-order valence-electron chi connectivity index (χ4n) is 0.817. The molecular formula is C10H13NO6S. The van der Waals surface area contributed by atoms with Gasteiger partial charge in [0.15, 0.2) is 6.04 Å². The Morgan fingerprint density at radius 2 is 1.94 bits per heavy atom. The Balaban J connectivity index is 0.000000327. The number of aliphatic hydroxyl groups is 1. The second-order valence-corrected chi connectivity index (χ2v) is 3.52. The Bertz CT molecular complexity index is 476. The molecule has 100 valence electrons. The molecule has 0 saturated heterocycles. The van der Waals surface area contributed by atoms with Gasteiger partial charge in [-0.05, 0) is 12.1 Å². The Hall–Kier alpha value is -1.93. The van der Waals surface area contributed by atoms with Gasteiger partial charge >= 0.3 is 16.5 Å². The maximum atomic E-state index is 9.94. The molecule has 0 fully saturated rings. The zero-order valence-corrected chi connectivity index (χ0v) is 10.4. The Morgan fingerprint density at radius 3 is 2.17 bits per heavy atom. The van der Waals surface area contributed by atoms with Crippen LogP contribution in [0.4, 0.5) is 0 Å². The summed E-state index contributed by atoms with van der Waals surface area (Å²) in [6.45, 7) is -0.816. The van der Waals surface area contributed by atoms with E-state index >= 15 is 0 Å². The molecule has 1 aromatic carbocycles. The van der Waals surface area contributed by atoms with E-state index in [2.05, 4.69) is 4.36 Å². The first kappa shape index (κ1) is 16.1. The zero-order valence-electron chi connectivity index (χ0n) is 9.55. The average molecular weight is 275 g/mol. The molecule has 0 aliphatic carbocycles. The quantitative estimate of drug-likeness (QED) is 0.811. The van der Waals surface area contributed by atoms with Crippen LogP contribution < -0.4 is 4.74 Å². The Labute approximate surface area is 105 Å². The maximum Gasteiger partial charge on any atom is 0.332 e. The highest BCUT2D eigenvalue weighted by molar-refractivity contribution is 7.61. The van der Waals surface area contributed by atoms with Gasteiger partial charge < -0.3 is 14.9 Å². The minimum Gasteiger partial charge on any atom is -0.497 e. The lowest BCUT2D eigenvalue weighted by molar-refractivity contribution is -0.139. The van der Waals surface area contributed by atoms with Gasteiger partial charge in [-0.15, -0.1) is 0 Å². The molecule has 18 heavy (non-hydrogen) atoms. The van der Waals surface area contributed by atoms with Crippen molar-refractivity contribution in [2.24, 2.45) is 4.36 Å². The first-order chi connectivity index (χ1) is 8.51. The van der Waals surface area contributed by atoms with E-state index in [0.29, 0.717) is 0 Å². The summed E-state index contributed by atoms with van der Waals surface area (Å²) >= 11 is 0. The molecule has 0 radical (unpaired) electrons. The van der Waals surface area contributed by atoms with Crippen LogP contribution in [0.3, 0.4) is 0 Å². The van der Waals surface area contributed by atoms with E-state index in [0.717, 1.165) is 5.75 Å². The number of carboxylic acids is 1. The topological polar surface area (TPSA) is 113 Å². The van der Waals surface area contributed by atoms with Crippen molar-refractivity contribution < 1.29 is 28.2 Å². The molecule has 0 aromatic heterocycles. The SMILES string of the molecule is COc1ccccc1.O=C(O)[C@H](CO)N=S(=O)=O.